The van der Waals surface area contributed by atoms with Crippen molar-refractivity contribution in [3.8, 4) is 0 Å². The van der Waals surface area contributed by atoms with Crippen molar-refractivity contribution in [1.29, 1.82) is 0 Å². The highest BCUT2D eigenvalue weighted by atomic mass is 16.2. The Balaban J connectivity index is 2.45. The molecule has 0 saturated heterocycles. The smallest absolute Gasteiger partial charge is 0.239 e. The van der Waals surface area contributed by atoms with Crippen LogP contribution >= 0.6 is 0 Å². The van der Waals surface area contributed by atoms with Crippen LogP contribution < -0.4 is 5.73 Å². The summed E-state index contributed by atoms with van der Waals surface area (Å²) in [5.41, 5.74) is 7.14. The highest BCUT2D eigenvalue weighted by Crippen LogP contribution is 2.06. The number of carbonyl (C=O) groups is 1. The molecule has 0 heterocycles. The van der Waals surface area contributed by atoms with Crippen LogP contribution in [0.2, 0.25) is 0 Å². The van der Waals surface area contributed by atoms with Gasteiger partial charge in [0.05, 0.1) is 6.04 Å². The first-order valence-corrected chi connectivity index (χ1v) is 6.08. The van der Waals surface area contributed by atoms with Gasteiger partial charge in [0.1, 0.15) is 0 Å². The summed E-state index contributed by atoms with van der Waals surface area (Å²) in [6, 6.07) is 9.91. The van der Waals surface area contributed by atoms with Crippen molar-refractivity contribution in [2.75, 3.05) is 7.05 Å². The zero-order chi connectivity index (χ0) is 12.8. The third-order valence-corrected chi connectivity index (χ3v) is 3.03. The Morgan fingerprint density at radius 2 is 1.88 bits per heavy atom. The quantitative estimate of drug-likeness (QED) is 0.844. The predicted octanol–water partition coefficient (Wildman–Crippen LogP) is 1.81. The molecule has 0 aliphatic rings. The monoisotopic (exact) mass is 234 g/mol. The molecule has 0 aliphatic heterocycles. The summed E-state index contributed by atoms with van der Waals surface area (Å²) in [7, 11) is 1.80. The van der Waals surface area contributed by atoms with E-state index in [0.29, 0.717) is 6.42 Å². The van der Waals surface area contributed by atoms with Gasteiger partial charge in [-0.2, -0.15) is 0 Å². The molecule has 1 rings (SSSR count). The van der Waals surface area contributed by atoms with E-state index in [1.807, 2.05) is 32.0 Å². The first kappa shape index (κ1) is 13.7. The molecule has 94 valence electrons. The molecule has 0 bridgehead atoms. The molecule has 0 fully saturated rings. The van der Waals surface area contributed by atoms with Crippen molar-refractivity contribution in [1.82, 2.24) is 4.90 Å². The first-order chi connectivity index (χ1) is 8.02. The molecule has 1 aromatic carbocycles. The number of aryl methyl sites for hydroxylation is 1. The van der Waals surface area contributed by atoms with Crippen LogP contribution in [0.15, 0.2) is 30.3 Å². The molecule has 0 aliphatic carbocycles. The molecule has 3 heteroatoms. The minimum absolute atomic E-state index is 0.0240. The Hall–Kier alpha value is -1.35. The van der Waals surface area contributed by atoms with Crippen LogP contribution in [0.5, 0.6) is 0 Å². The predicted molar refractivity (Wildman–Crippen MR) is 70.6 cm³/mol. The van der Waals surface area contributed by atoms with E-state index in [0.717, 1.165) is 6.42 Å². The zero-order valence-corrected chi connectivity index (χ0v) is 10.9. The van der Waals surface area contributed by atoms with Gasteiger partial charge in [-0.3, -0.25) is 4.79 Å². The van der Waals surface area contributed by atoms with Gasteiger partial charge in [0.2, 0.25) is 5.91 Å². The summed E-state index contributed by atoms with van der Waals surface area (Å²) >= 11 is 0. The van der Waals surface area contributed by atoms with E-state index in [1.165, 1.54) is 5.56 Å². The molecule has 0 saturated carbocycles. The topological polar surface area (TPSA) is 46.3 Å². The Labute approximate surface area is 104 Å². The van der Waals surface area contributed by atoms with Crippen LogP contribution in [0.4, 0.5) is 0 Å². The van der Waals surface area contributed by atoms with E-state index in [2.05, 4.69) is 12.1 Å². The van der Waals surface area contributed by atoms with E-state index in [1.54, 1.807) is 11.9 Å². The van der Waals surface area contributed by atoms with Gasteiger partial charge in [0, 0.05) is 13.1 Å². The molecule has 1 aromatic rings. The van der Waals surface area contributed by atoms with Crippen molar-refractivity contribution in [3.05, 3.63) is 35.9 Å². The molecule has 17 heavy (non-hydrogen) atoms. The lowest BCUT2D eigenvalue weighted by Gasteiger charge is -2.24. The van der Waals surface area contributed by atoms with Gasteiger partial charge in [-0.1, -0.05) is 30.3 Å². The number of hydrogen-bond donors (Lipinski definition) is 1. The van der Waals surface area contributed by atoms with Crippen molar-refractivity contribution >= 4 is 5.91 Å². The number of rotatable bonds is 5. The summed E-state index contributed by atoms with van der Waals surface area (Å²) in [5, 5.41) is 0. The molecule has 3 nitrogen and oxygen atoms in total. The van der Waals surface area contributed by atoms with Gasteiger partial charge in [-0.25, -0.2) is 0 Å². The Kier molecular flexibility index (Phi) is 5.16. The summed E-state index contributed by atoms with van der Waals surface area (Å²) in [5.74, 6) is 0.0240. The average Bonchev–Trinajstić information content (AvgIpc) is 2.35. The Morgan fingerprint density at radius 3 is 2.41 bits per heavy atom. The number of likely N-dealkylation sites (N-methyl/N-ethyl adjacent to an activating group) is 1. The number of hydrogen-bond acceptors (Lipinski definition) is 2. The fourth-order valence-corrected chi connectivity index (χ4v) is 1.61. The molecular weight excluding hydrogens is 212 g/mol. The van der Waals surface area contributed by atoms with Gasteiger partial charge in [-0.05, 0) is 32.3 Å². The maximum Gasteiger partial charge on any atom is 0.239 e. The lowest BCUT2D eigenvalue weighted by Crippen LogP contribution is -2.44. The zero-order valence-electron chi connectivity index (χ0n) is 10.9. The van der Waals surface area contributed by atoms with Crippen LogP contribution in [-0.2, 0) is 11.2 Å². The van der Waals surface area contributed by atoms with E-state index in [4.69, 9.17) is 5.73 Å². The molecule has 0 spiro atoms. The summed E-state index contributed by atoms with van der Waals surface area (Å²) in [6.45, 7) is 3.98. The van der Waals surface area contributed by atoms with Crippen LogP contribution in [0, 0.1) is 0 Å². The number of nitrogens with zero attached hydrogens (tertiary/aromatic N) is 1. The van der Waals surface area contributed by atoms with Crippen molar-refractivity contribution in [3.63, 3.8) is 0 Å². The number of benzene rings is 1. The van der Waals surface area contributed by atoms with Gasteiger partial charge in [0.25, 0.3) is 0 Å². The molecule has 2 N–H and O–H groups in total. The standard InChI is InChI=1S/C14H22N2O/c1-11(2)16(3)14(17)13(15)10-9-12-7-5-4-6-8-12/h4-8,11,13H,9-10,15H2,1-3H3. The lowest BCUT2D eigenvalue weighted by atomic mass is 10.0. The Bertz CT molecular complexity index is 348. The van der Waals surface area contributed by atoms with Crippen LogP contribution in [0.1, 0.15) is 25.8 Å². The molecule has 1 atom stereocenters. The van der Waals surface area contributed by atoms with Crippen LogP contribution in [-0.4, -0.2) is 29.9 Å². The van der Waals surface area contributed by atoms with Crippen LogP contribution in [0.3, 0.4) is 0 Å². The Morgan fingerprint density at radius 1 is 1.29 bits per heavy atom. The van der Waals surface area contributed by atoms with Crippen molar-refractivity contribution in [2.24, 2.45) is 5.73 Å². The minimum Gasteiger partial charge on any atom is -0.342 e. The summed E-state index contributed by atoms with van der Waals surface area (Å²) < 4.78 is 0. The number of amides is 1. The number of nitrogens with two attached hydrogens (primary N) is 1. The van der Waals surface area contributed by atoms with E-state index < -0.39 is 6.04 Å². The van der Waals surface area contributed by atoms with E-state index in [-0.39, 0.29) is 11.9 Å². The maximum atomic E-state index is 11.9. The molecule has 0 radical (unpaired) electrons. The van der Waals surface area contributed by atoms with Crippen molar-refractivity contribution < 1.29 is 4.79 Å². The van der Waals surface area contributed by atoms with Gasteiger partial charge < -0.3 is 10.6 Å². The highest BCUT2D eigenvalue weighted by Gasteiger charge is 2.19. The largest absolute Gasteiger partial charge is 0.342 e. The molecule has 0 aromatic heterocycles. The lowest BCUT2D eigenvalue weighted by molar-refractivity contribution is -0.132. The highest BCUT2D eigenvalue weighted by molar-refractivity contribution is 5.81. The molecule has 1 unspecified atom stereocenters. The minimum atomic E-state index is -0.400. The molecular formula is C14H22N2O. The first-order valence-electron chi connectivity index (χ1n) is 6.08. The van der Waals surface area contributed by atoms with Crippen molar-refractivity contribution in [2.45, 2.75) is 38.8 Å². The fraction of sp³-hybridized carbons (Fsp3) is 0.500. The normalized spacial score (nSPS) is 12.5. The van der Waals surface area contributed by atoms with E-state index in [9.17, 15) is 4.79 Å². The third-order valence-electron chi connectivity index (χ3n) is 3.03. The fourth-order valence-electron chi connectivity index (χ4n) is 1.61. The second-order valence-electron chi connectivity index (χ2n) is 4.67. The van der Waals surface area contributed by atoms with Gasteiger partial charge in [0.15, 0.2) is 0 Å². The SMILES string of the molecule is CC(C)N(C)C(=O)C(N)CCc1ccccc1. The summed E-state index contributed by atoms with van der Waals surface area (Å²) in [4.78, 5) is 13.6. The van der Waals surface area contributed by atoms with Crippen LogP contribution in [0.25, 0.3) is 0 Å². The third kappa shape index (κ3) is 4.19. The van der Waals surface area contributed by atoms with E-state index >= 15 is 0 Å². The second kappa shape index (κ2) is 6.40. The van der Waals surface area contributed by atoms with Gasteiger partial charge >= 0.3 is 0 Å². The maximum absolute atomic E-state index is 11.9. The summed E-state index contributed by atoms with van der Waals surface area (Å²) in [6.07, 6.45) is 1.54. The second-order valence-corrected chi connectivity index (χ2v) is 4.67. The number of carbonyl (C=O) groups excluding carboxylic acids is 1. The van der Waals surface area contributed by atoms with Gasteiger partial charge in [-0.15, -0.1) is 0 Å². The average molecular weight is 234 g/mol. The molecule has 1 amide bonds.